The molecule has 0 saturated carbocycles. The van der Waals surface area contributed by atoms with Crippen LogP contribution in [0.4, 0.5) is 5.13 Å². The molecule has 0 saturated heterocycles. The number of hydrogen-bond donors (Lipinski definition) is 0. The minimum absolute atomic E-state index is 0.0898. The molecule has 210 valence electrons. The van der Waals surface area contributed by atoms with E-state index in [0.717, 1.165) is 28.1 Å². The molecule has 0 N–H and O–H groups in total. The Kier molecular flexibility index (Phi) is 8.11. The maximum absolute atomic E-state index is 13.8. The summed E-state index contributed by atoms with van der Waals surface area (Å²) in [5.74, 6) is -0.537. The van der Waals surface area contributed by atoms with Gasteiger partial charge in [-0.1, -0.05) is 42.9 Å². The molecule has 5 rings (SSSR count). The SMILES string of the molecule is CCCCN(C)S(=O)(=O)c1ccc(C(=O)N(/N=C/c2coc3ccccc3c2=O)c2nc3ccc(C)cc3s2)cc1. The summed E-state index contributed by atoms with van der Waals surface area (Å²) in [6.45, 7) is 4.37. The normalized spacial score (nSPS) is 12.1. The molecule has 11 heteroatoms. The number of unbranched alkanes of at least 4 members (excludes halogenated alkanes) is 1. The van der Waals surface area contributed by atoms with Crippen LogP contribution in [0.3, 0.4) is 0 Å². The fourth-order valence-electron chi connectivity index (χ4n) is 4.17. The fourth-order valence-corrected chi connectivity index (χ4v) is 6.40. The van der Waals surface area contributed by atoms with Crippen molar-refractivity contribution >= 4 is 59.8 Å². The van der Waals surface area contributed by atoms with Crippen LogP contribution in [0.1, 0.15) is 41.3 Å². The molecule has 0 unspecified atom stereocenters. The Morgan fingerprint density at radius 3 is 2.61 bits per heavy atom. The van der Waals surface area contributed by atoms with Crippen LogP contribution in [0.2, 0.25) is 0 Å². The fraction of sp³-hybridized carbons (Fsp3) is 0.200. The number of hydrogen-bond acceptors (Lipinski definition) is 8. The monoisotopic (exact) mass is 588 g/mol. The number of carbonyl (C=O) groups excluding carboxylic acids is 1. The van der Waals surface area contributed by atoms with E-state index in [1.54, 1.807) is 31.3 Å². The van der Waals surface area contributed by atoms with Gasteiger partial charge in [-0.3, -0.25) is 9.59 Å². The number of hydrazone groups is 1. The molecule has 9 nitrogen and oxygen atoms in total. The number of carbonyl (C=O) groups is 1. The highest BCUT2D eigenvalue weighted by Crippen LogP contribution is 2.31. The minimum Gasteiger partial charge on any atom is -0.463 e. The summed E-state index contributed by atoms with van der Waals surface area (Å²) in [7, 11) is -2.15. The van der Waals surface area contributed by atoms with Crippen molar-refractivity contribution in [2.45, 2.75) is 31.6 Å². The van der Waals surface area contributed by atoms with E-state index in [9.17, 15) is 18.0 Å². The highest BCUT2D eigenvalue weighted by molar-refractivity contribution is 7.89. The van der Waals surface area contributed by atoms with Gasteiger partial charge in [-0.2, -0.15) is 10.1 Å². The van der Waals surface area contributed by atoms with Crippen molar-refractivity contribution < 1.29 is 17.6 Å². The maximum Gasteiger partial charge on any atom is 0.280 e. The van der Waals surface area contributed by atoms with Crippen molar-refractivity contribution in [2.75, 3.05) is 18.6 Å². The van der Waals surface area contributed by atoms with Crippen molar-refractivity contribution in [3.63, 3.8) is 0 Å². The molecule has 5 aromatic rings. The van der Waals surface area contributed by atoms with E-state index in [0.29, 0.717) is 28.2 Å². The van der Waals surface area contributed by atoms with Gasteiger partial charge in [0.15, 0.2) is 0 Å². The van der Waals surface area contributed by atoms with Gasteiger partial charge in [0.2, 0.25) is 20.6 Å². The topological polar surface area (TPSA) is 113 Å². The third-order valence-electron chi connectivity index (χ3n) is 6.56. The highest BCUT2D eigenvalue weighted by Gasteiger charge is 2.24. The average Bonchev–Trinajstić information content (AvgIpc) is 3.39. The van der Waals surface area contributed by atoms with Crippen LogP contribution in [-0.2, 0) is 10.0 Å². The summed E-state index contributed by atoms with van der Waals surface area (Å²) in [6, 6.07) is 18.4. The third-order valence-corrected chi connectivity index (χ3v) is 9.43. The number of fused-ring (bicyclic) bond motifs is 2. The van der Waals surface area contributed by atoms with Crippen molar-refractivity contribution in [3.8, 4) is 0 Å². The number of sulfonamides is 1. The van der Waals surface area contributed by atoms with E-state index in [2.05, 4.69) is 10.1 Å². The summed E-state index contributed by atoms with van der Waals surface area (Å²) in [5, 5.41) is 6.19. The minimum atomic E-state index is -3.69. The second kappa shape index (κ2) is 11.7. The molecule has 0 radical (unpaired) electrons. The number of rotatable bonds is 9. The molecule has 0 atom stereocenters. The zero-order valence-corrected chi connectivity index (χ0v) is 24.4. The molecule has 0 spiro atoms. The molecule has 0 aliphatic carbocycles. The Labute approximate surface area is 241 Å². The van der Waals surface area contributed by atoms with Gasteiger partial charge in [0.25, 0.3) is 5.91 Å². The van der Waals surface area contributed by atoms with Gasteiger partial charge in [-0.25, -0.2) is 17.7 Å². The first-order valence-electron chi connectivity index (χ1n) is 13.0. The first-order valence-corrected chi connectivity index (χ1v) is 15.3. The van der Waals surface area contributed by atoms with E-state index in [1.807, 2.05) is 32.0 Å². The predicted molar refractivity (Wildman–Crippen MR) is 162 cm³/mol. The smallest absolute Gasteiger partial charge is 0.280 e. The molecule has 41 heavy (non-hydrogen) atoms. The molecule has 2 aromatic heterocycles. The van der Waals surface area contributed by atoms with E-state index in [1.165, 1.54) is 52.4 Å². The number of amides is 1. The molecular formula is C30H28N4O5S2. The Morgan fingerprint density at radius 2 is 1.85 bits per heavy atom. The number of nitrogens with zero attached hydrogens (tertiary/aromatic N) is 4. The standard InChI is InChI=1S/C30H28N4O5S2/c1-4-5-16-33(3)41(37,38)23-13-11-21(12-14-23)29(36)34(30-32-25-15-10-20(2)17-27(25)40-30)31-18-22-19-39-26-9-7-6-8-24(26)28(22)35/h6-15,17-19H,4-5,16H2,1-3H3/b31-18+. The van der Waals surface area contributed by atoms with Crippen LogP contribution in [0.15, 0.2) is 92.2 Å². The lowest BCUT2D eigenvalue weighted by Gasteiger charge is -2.17. The molecule has 1 amide bonds. The highest BCUT2D eigenvalue weighted by atomic mass is 32.2. The van der Waals surface area contributed by atoms with Crippen LogP contribution in [0, 0.1) is 6.92 Å². The van der Waals surface area contributed by atoms with Crippen molar-refractivity contribution in [1.29, 1.82) is 0 Å². The molecule has 2 heterocycles. The number of aryl methyl sites for hydroxylation is 1. The van der Waals surface area contributed by atoms with E-state index in [4.69, 9.17) is 4.42 Å². The average molecular weight is 589 g/mol. The van der Waals surface area contributed by atoms with Crippen LogP contribution in [0.5, 0.6) is 0 Å². The number of aromatic nitrogens is 1. The van der Waals surface area contributed by atoms with Crippen LogP contribution in [-0.4, -0.2) is 43.4 Å². The summed E-state index contributed by atoms with van der Waals surface area (Å²) in [5.41, 5.74) is 2.27. The Balaban J connectivity index is 1.52. The molecule has 0 fully saturated rings. The Bertz CT molecular complexity index is 1930. The predicted octanol–water partition coefficient (Wildman–Crippen LogP) is 5.81. The third kappa shape index (κ3) is 5.83. The van der Waals surface area contributed by atoms with Gasteiger partial charge >= 0.3 is 0 Å². The van der Waals surface area contributed by atoms with Gasteiger partial charge < -0.3 is 4.42 Å². The van der Waals surface area contributed by atoms with Crippen molar-refractivity contribution in [3.05, 3.63) is 99.9 Å². The van der Waals surface area contributed by atoms with Crippen LogP contribution >= 0.6 is 11.3 Å². The number of para-hydroxylation sites is 1. The van der Waals surface area contributed by atoms with E-state index >= 15 is 0 Å². The van der Waals surface area contributed by atoms with Crippen LogP contribution < -0.4 is 10.4 Å². The Hall–Kier alpha value is -4.19. The first kappa shape index (κ1) is 28.3. The van der Waals surface area contributed by atoms with Gasteiger partial charge in [0.05, 0.1) is 32.3 Å². The summed E-state index contributed by atoms with van der Waals surface area (Å²) in [4.78, 5) is 31.5. The molecule has 0 bridgehead atoms. The summed E-state index contributed by atoms with van der Waals surface area (Å²) in [6.07, 6.45) is 4.19. The van der Waals surface area contributed by atoms with Gasteiger partial charge in [0, 0.05) is 19.2 Å². The summed E-state index contributed by atoms with van der Waals surface area (Å²) < 4.78 is 33.7. The lowest BCUT2D eigenvalue weighted by atomic mass is 10.2. The second-order valence-corrected chi connectivity index (χ2v) is 12.6. The second-order valence-electron chi connectivity index (χ2n) is 9.55. The lowest BCUT2D eigenvalue weighted by Crippen LogP contribution is -2.28. The zero-order valence-electron chi connectivity index (χ0n) is 22.8. The van der Waals surface area contributed by atoms with Crippen molar-refractivity contribution in [2.24, 2.45) is 5.10 Å². The Morgan fingerprint density at radius 1 is 1.10 bits per heavy atom. The zero-order chi connectivity index (χ0) is 29.1. The number of benzene rings is 3. The molecular weight excluding hydrogens is 560 g/mol. The van der Waals surface area contributed by atoms with Crippen LogP contribution in [0.25, 0.3) is 21.2 Å². The molecule has 3 aromatic carbocycles. The maximum atomic E-state index is 13.8. The molecule has 0 aliphatic rings. The summed E-state index contributed by atoms with van der Waals surface area (Å²) >= 11 is 1.28. The largest absolute Gasteiger partial charge is 0.463 e. The quantitative estimate of drug-likeness (QED) is 0.159. The first-order chi connectivity index (χ1) is 19.7. The number of thiazole rings is 1. The van der Waals surface area contributed by atoms with Gasteiger partial charge in [0.1, 0.15) is 11.8 Å². The molecule has 0 aliphatic heterocycles. The van der Waals surface area contributed by atoms with E-state index in [-0.39, 0.29) is 21.5 Å². The lowest BCUT2D eigenvalue weighted by molar-refractivity contribution is 0.0987. The number of anilines is 1. The van der Waals surface area contributed by atoms with Gasteiger partial charge in [-0.15, -0.1) is 0 Å². The van der Waals surface area contributed by atoms with Crippen molar-refractivity contribution in [1.82, 2.24) is 9.29 Å². The van der Waals surface area contributed by atoms with Gasteiger partial charge in [-0.05, 0) is 67.4 Å². The van der Waals surface area contributed by atoms with E-state index < -0.39 is 15.9 Å².